The SMILES string of the molecule is O=C(Cc1ccccc1)c1ccc(N2CCOCC2)cc1Cc1ccccc1.O=P(O)(O)O. The molecular formula is C25H28NO6P. The van der Waals surface area contributed by atoms with Gasteiger partial charge in [0.15, 0.2) is 5.78 Å². The van der Waals surface area contributed by atoms with Gasteiger partial charge in [-0.3, -0.25) is 4.79 Å². The fourth-order valence-electron chi connectivity index (χ4n) is 3.71. The monoisotopic (exact) mass is 469 g/mol. The quantitative estimate of drug-likeness (QED) is 0.374. The standard InChI is InChI=1S/C25H25NO2.H3O4P/c27-25(18-21-9-5-2-6-10-21)24-12-11-23(26-13-15-28-16-14-26)19-22(24)17-20-7-3-1-4-8-20;1-5(2,3)4/h1-12,19H,13-18H2;(H3,1,2,3,4). The third-order valence-corrected chi connectivity index (χ3v) is 5.21. The Hall–Kier alpha value is -2.80. The lowest BCUT2D eigenvalue weighted by molar-refractivity contribution is 0.0992. The molecule has 3 aromatic carbocycles. The summed E-state index contributed by atoms with van der Waals surface area (Å²) in [5.74, 6) is 0.172. The molecule has 3 N–H and O–H groups in total. The van der Waals surface area contributed by atoms with Crippen LogP contribution in [0.1, 0.15) is 27.0 Å². The Morgan fingerprint density at radius 2 is 1.39 bits per heavy atom. The number of benzene rings is 3. The molecule has 0 atom stereocenters. The molecule has 0 spiro atoms. The lowest BCUT2D eigenvalue weighted by Gasteiger charge is -2.29. The van der Waals surface area contributed by atoms with Crippen LogP contribution in [0.3, 0.4) is 0 Å². The van der Waals surface area contributed by atoms with Crippen molar-refractivity contribution in [2.24, 2.45) is 0 Å². The fourth-order valence-corrected chi connectivity index (χ4v) is 3.71. The minimum absolute atomic E-state index is 0.172. The van der Waals surface area contributed by atoms with Gasteiger partial charge in [-0.15, -0.1) is 0 Å². The molecule has 0 saturated carbocycles. The van der Waals surface area contributed by atoms with Crippen molar-refractivity contribution >= 4 is 19.3 Å². The maximum Gasteiger partial charge on any atom is 0.466 e. The molecule has 0 aliphatic carbocycles. The van der Waals surface area contributed by atoms with Gasteiger partial charge < -0.3 is 24.3 Å². The Bertz CT molecular complexity index is 1070. The molecule has 0 unspecified atom stereocenters. The van der Waals surface area contributed by atoms with Gasteiger partial charge in [0.05, 0.1) is 13.2 Å². The van der Waals surface area contributed by atoms with Crippen LogP contribution in [0.25, 0.3) is 0 Å². The van der Waals surface area contributed by atoms with E-state index in [1.165, 1.54) is 11.3 Å². The van der Waals surface area contributed by atoms with Gasteiger partial charge in [-0.25, -0.2) is 4.57 Å². The second-order valence-electron chi connectivity index (χ2n) is 7.70. The number of carbonyl (C=O) groups is 1. The second-order valence-corrected chi connectivity index (χ2v) is 8.73. The molecule has 3 aromatic rings. The highest BCUT2D eigenvalue weighted by atomic mass is 31.2. The largest absolute Gasteiger partial charge is 0.466 e. The van der Waals surface area contributed by atoms with E-state index in [2.05, 4.69) is 29.2 Å². The van der Waals surface area contributed by atoms with Crippen LogP contribution in [0.5, 0.6) is 0 Å². The first-order chi connectivity index (χ1) is 15.8. The van der Waals surface area contributed by atoms with E-state index in [1.54, 1.807) is 0 Å². The van der Waals surface area contributed by atoms with Crippen LogP contribution in [0.2, 0.25) is 0 Å². The fraction of sp³-hybridized carbons (Fsp3) is 0.240. The van der Waals surface area contributed by atoms with Crippen molar-refractivity contribution in [1.29, 1.82) is 0 Å². The molecule has 1 aliphatic rings. The summed E-state index contributed by atoms with van der Waals surface area (Å²) in [7, 11) is -4.64. The zero-order valence-electron chi connectivity index (χ0n) is 18.2. The molecule has 7 nitrogen and oxygen atoms in total. The van der Waals surface area contributed by atoms with Crippen molar-refractivity contribution in [1.82, 2.24) is 0 Å². The smallest absolute Gasteiger partial charge is 0.378 e. The minimum Gasteiger partial charge on any atom is -0.378 e. The van der Waals surface area contributed by atoms with Crippen molar-refractivity contribution in [2.75, 3.05) is 31.2 Å². The molecular weight excluding hydrogens is 441 g/mol. The maximum atomic E-state index is 13.1. The van der Waals surface area contributed by atoms with Crippen LogP contribution in [0.15, 0.2) is 78.9 Å². The highest BCUT2D eigenvalue weighted by Crippen LogP contribution is 2.26. The van der Waals surface area contributed by atoms with E-state index < -0.39 is 7.82 Å². The van der Waals surface area contributed by atoms with Gasteiger partial charge >= 0.3 is 7.82 Å². The average molecular weight is 469 g/mol. The molecule has 8 heteroatoms. The number of anilines is 1. The Morgan fingerprint density at radius 3 is 1.97 bits per heavy atom. The lowest BCUT2D eigenvalue weighted by Crippen LogP contribution is -2.36. The molecule has 1 saturated heterocycles. The number of phosphoric acid groups is 1. The summed E-state index contributed by atoms with van der Waals surface area (Å²) >= 11 is 0. The number of hydrogen-bond donors (Lipinski definition) is 3. The van der Waals surface area contributed by atoms with Crippen molar-refractivity contribution in [3.63, 3.8) is 0 Å². The molecule has 0 amide bonds. The molecule has 0 bridgehead atoms. The van der Waals surface area contributed by atoms with E-state index in [0.717, 1.165) is 49.4 Å². The van der Waals surface area contributed by atoms with Crippen LogP contribution in [0.4, 0.5) is 5.69 Å². The number of morpholine rings is 1. The highest BCUT2D eigenvalue weighted by Gasteiger charge is 2.17. The van der Waals surface area contributed by atoms with Crippen LogP contribution in [0, 0.1) is 0 Å². The van der Waals surface area contributed by atoms with Crippen LogP contribution < -0.4 is 4.90 Å². The van der Waals surface area contributed by atoms with E-state index in [4.69, 9.17) is 24.0 Å². The van der Waals surface area contributed by atoms with E-state index in [-0.39, 0.29) is 5.78 Å². The molecule has 33 heavy (non-hydrogen) atoms. The normalized spacial score (nSPS) is 13.7. The summed E-state index contributed by atoms with van der Waals surface area (Å²) in [6.07, 6.45) is 1.19. The predicted molar refractivity (Wildman–Crippen MR) is 127 cm³/mol. The van der Waals surface area contributed by atoms with Gasteiger partial charge in [0.1, 0.15) is 0 Å². The Balaban J connectivity index is 0.000000555. The van der Waals surface area contributed by atoms with Gasteiger partial charge in [0, 0.05) is 30.8 Å². The minimum atomic E-state index is -4.64. The van der Waals surface area contributed by atoms with Crippen molar-refractivity contribution < 1.29 is 28.8 Å². The summed E-state index contributed by atoms with van der Waals surface area (Å²) in [5, 5.41) is 0. The van der Waals surface area contributed by atoms with E-state index in [9.17, 15) is 4.79 Å². The first kappa shape index (κ1) is 24.8. The summed E-state index contributed by atoms with van der Waals surface area (Å²) in [5.41, 5.74) is 5.36. The van der Waals surface area contributed by atoms with E-state index in [0.29, 0.717) is 6.42 Å². The Labute approximate surface area is 193 Å². The summed E-state index contributed by atoms with van der Waals surface area (Å²) < 4.78 is 14.4. The number of ketones is 1. The number of Topliss-reactive ketones (excluding diaryl/α,β-unsaturated/α-hetero) is 1. The number of nitrogens with zero attached hydrogens (tertiary/aromatic N) is 1. The van der Waals surface area contributed by atoms with Crippen LogP contribution in [-0.4, -0.2) is 46.8 Å². The summed E-state index contributed by atoms with van der Waals surface area (Å²) in [6, 6.07) is 26.6. The summed E-state index contributed by atoms with van der Waals surface area (Å²) in [4.78, 5) is 37.0. The summed E-state index contributed by atoms with van der Waals surface area (Å²) in [6.45, 7) is 3.29. The van der Waals surface area contributed by atoms with Crippen LogP contribution >= 0.6 is 7.82 Å². The number of rotatable bonds is 6. The Morgan fingerprint density at radius 1 is 0.848 bits per heavy atom. The van der Waals surface area contributed by atoms with E-state index >= 15 is 0 Å². The van der Waals surface area contributed by atoms with Gasteiger partial charge in [-0.05, 0) is 41.3 Å². The van der Waals surface area contributed by atoms with Crippen molar-refractivity contribution in [3.05, 3.63) is 101 Å². The third-order valence-electron chi connectivity index (χ3n) is 5.21. The number of hydrogen-bond acceptors (Lipinski definition) is 4. The second kappa shape index (κ2) is 11.9. The van der Waals surface area contributed by atoms with Gasteiger partial charge in [-0.2, -0.15) is 0 Å². The molecule has 174 valence electrons. The number of carbonyl (C=O) groups excluding carboxylic acids is 1. The molecule has 0 aromatic heterocycles. The van der Waals surface area contributed by atoms with Crippen molar-refractivity contribution in [2.45, 2.75) is 12.8 Å². The van der Waals surface area contributed by atoms with E-state index in [1.807, 2.05) is 54.6 Å². The molecule has 0 radical (unpaired) electrons. The predicted octanol–water partition coefficient (Wildman–Crippen LogP) is 3.61. The van der Waals surface area contributed by atoms with Crippen molar-refractivity contribution in [3.8, 4) is 0 Å². The first-order valence-electron chi connectivity index (χ1n) is 10.6. The van der Waals surface area contributed by atoms with Gasteiger partial charge in [0.2, 0.25) is 0 Å². The Kier molecular flexibility index (Phi) is 8.95. The third kappa shape index (κ3) is 8.57. The zero-order valence-corrected chi connectivity index (χ0v) is 19.1. The zero-order chi connectivity index (χ0) is 23.7. The first-order valence-corrected chi connectivity index (χ1v) is 12.2. The van der Waals surface area contributed by atoms with Gasteiger partial charge in [0.25, 0.3) is 0 Å². The lowest BCUT2D eigenvalue weighted by atomic mass is 9.93. The molecule has 1 heterocycles. The highest BCUT2D eigenvalue weighted by molar-refractivity contribution is 7.45. The maximum absolute atomic E-state index is 13.1. The molecule has 1 aliphatic heterocycles. The number of ether oxygens (including phenoxy) is 1. The average Bonchev–Trinajstić information content (AvgIpc) is 2.80. The molecule has 1 fully saturated rings. The molecule has 4 rings (SSSR count). The topological polar surface area (TPSA) is 107 Å². The van der Waals surface area contributed by atoms with Gasteiger partial charge in [-0.1, -0.05) is 60.7 Å². The van der Waals surface area contributed by atoms with Crippen LogP contribution in [-0.2, 0) is 22.1 Å².